The van der Waals surface area contributed by atoms with Crippen molar-refractivity contribution >= 4 is 54.3 Å². The Labute approximate surface area is 241 Å². The fourth-order valence-electron chi connectivity index (χ4n) is 4.45. The summed E-state index contributed by atoms with van der Waals surface area (Å²) in [5.74, 6) is 0.311. The minimum atomic E-state index is -0.652. The lowest BCUT2D eigenvalue weighted by Crippen LogP contribution is -2.47. The number of likely N-dealkylation sites (tertiary alicyclic amines) is 1. The normalized spacial score (nSPS) is 13.2. The van der Waals surface area contributed by atoms with Gasteiger partial charge in [0.25, 0.3) is 0 Å². The summed E-state index contributed by atoms with van der Waals surface area (Å²) in [6, 6.07) is 16.1. The molecule has 1 fully saturated rings. The lowest BCUT2D eigenvalue weighted by atomic mass is 9.99. The van der Waals surface area contributed by atoms with Crippen molar-refractivity contribution in [2.45, 2.75) is 38.6 Å². The Kier molecular flexibility index (Phi) is 10.5. The first-order valence-electron chi connectivity index (χ1n) is 13.8. The zero-order chi connectivity index (χ0) is 29.0. The van der Waals surface area contributed by atoms with Crippen LogP contribution in [0.4, 0.5) is 27.9 Å². The number of anilines is 4. The van der Waals surface area contributed by atoms with Gasteiger partial charge in [0.05, 0.1) is 0 Å². The molecular weight excluding hydrogens is 519 g/mol. The third-order valence-electron chi connectivity index (χ3n) is 6.50. The van der Waals surface area contributed by atoms with E-state index in [0.717, 1.165) is 31.5 Å². The van der Waals surface area contributed by atoms with E-state index in [2.05, 4.69) is 36.6 Å². The van der Waals surface area contributed by atoms with E-state index in [0.29, 0.717) is 54.5 Å². The van der Waals surface area contributed by atoms with Gasteiger partial charge in [-0.2, -0.15) is 4.98 Å². The molecule has 11 nitrogen and oxygen atoms in total. The monoisotopic (exact) mass is 554 g/mol. The quantitative estimate of drug-likeness (QED) is 0.171. The molecule has 1 aliphatic rings. The SMILES string of the molecule is [B]c1cnc(Nc2cccc(NC(=O)N3CCCC3)c2)nc1NCCCNC(=O)C(Cc1ccccc1)NC(C)=O. The van der Waals surface area contributed by atoms with Crippen molar-refractivity contribution in [2.24, 2.45) is 0 Å². The highest BCUT2D eigenvalue weighted by Crippen LogP contribution is 2.19. The topological polar surface area (TPSA) is 140 Å². The third kappa shape index (κ3) is 9.23. The highest BCUT2D eigenvalue weighted by atomic mass is 16.2. The number of rotatable bonds is 12. The van der Waals surface area contributed by atoms with Crippen molar-refractivity contribution in [3.63, 3.8) is 0 Å². The van der Waals surface area contributed by atoms with Gasteiger partial charge in [-0.05, 0) is 48.5 Å². The zero-order valence-electron chi connectivity index (χ0n) is 23.2. The molecule has 2 aromatic carbocycles. The molecule has 1 aromatic heterocycles. The molecule has 0 saturated carbocycles. The van der Waals surface area contributed by atoms with Gasteiger partial charge >= 0.3 is 6.03 Å². The Morgan fingerprint density at radius 3 is 2.51 bits per heavy atom. The molecule has 4 rings (SSSR count). The summed E-state index contributed by atoms with van der Waals surface area (Å²) in [5.41, 5.74) is 2.74. The number of hydrogen-bond donors (Lipinski definition) is 5. The number of amides is 4. The van der Waals surface area contributed by atoms with Crippen LogP contribution in [0.15, 0.2) is 60.8 Å². The Morgan fingerprint density at radius 1 is 1.00 bits per heavy atom. The molecule has 0 spiro atoms. The van der Waals surface area contributed by atoms with Crippen LogP contribution < -0.4 is 32.0 Å². The van der Waals surface area contributed by atoms with Gasteiger partial charge in [0.1, 0.15) is 19.7 Å². The number of urea groups is 1. The van der Waals surface area contributed by atoms with Crippen LogP contribution >= 0.6 is 0 Å². The summed E-state index contributed by atoms with van der Waals surface area (Å²) in [5, 5.41) is 14.9. The van der Waals surface area contributed by atoms with Gasteiger partial charge < -0.3 is 31.5 Å². The van der Waals surface area contributed by atoms with Crippen molar-refractivity contribution in [3.8, 4) is 0 Å². The first kappa shape index (κ1) is 29.4. The van der Waals surface area contributed by atoms with E-state index < -0.39 is 6.04 Å². The number of benzene rings is 2. The van der Waals surface area contributed by atoms with E-state index in [1.165, 1.54) is 13.1 Å². The molecule has 1 atom stereocenters. The van der Waals surface area contributed by atoms with E-state index in [1.807, 2.05) is 54.6 Å². The molecule has 41 heavy (non-hydrogen) atoms. The highest BCUT2D eigenvalue weighted by Gasteiger charge is 2.20. The maximum Gasteiger partial charge on any atom is 0.321 e. The van der Waals surface area contributed by atoms with Crippen molar-refractivity contribution in [3.05, 3.63) is 66.4 Å². The van der Waals surface area contributed by atoms with Gasteiger partial charge in [-0.1, -0.05) is 36.4 Å². The average molecular weight is 554 g/mol. The van der Waals surface area contributed by atoms with Crippen LogP contribution in [0.3, 0.4) is 0 Å². The van der Waals surface area contributed by atoms with Gasteiger partial charge in [0, 0.05) is 57.1 Å². The Bertz CT molecular complexity index is 1330. The van der Waals surface area contributed by atoms with Crippen molar-refractivity contribution in [1.29, 1.82) is 0 Å². The number of carbonyl (C=O) groups is 3. The van der Waals surface area contributed by atoms with Crippen LogP contribution in [-0.4, -0.2) is 72.8 Å². The lowest BCUT2D eigenvalue weighted by Gasteiger charge is -2.18. The molecule has 1 unspecified atom stereocenters. The van der Waals surface area contributed by atoms with E-state index in [4.69, 9.17) is 7.85 Å². The predicted octanol–water partition coefficient (Wildman–Crippen LogP) is 2.31. The third-order valence-corrected chi connectivity index (χ3v) is 6.50. The second kappa shape index (κ2) is 14.7. The minimum Gasteiger partial charge on any atom is -0.370 e. The van der Waals surface area contributed by atoms with Gasteiger partial charge in [-0.25, -0.2) is 9.78 Å². The summed E-state index contributed by atoms with van der Waals surface area (Å²) in [4.78, 5) is 47.3. The molecule has 2 heterocycles. The molecule has 0 aliphatic carbocycles. The fourth-order valence-corrected chi connectivity index (χ4v) is 4.45. The summed E-state index contributed by atoms with van der Waals surface area (Å²) >= 11 is 0. The predicted molar refractivity (Wildman–Crippen MR) is 161 cm³/mol. The van der Waals surface area contributed by atoms with Crippen LogP contribution in [0, 0.1) is 0 Å². The van der Waals surface area contributed by atoms with E-state index in [-0.39, 0.29) is 17.8 Å². The smallest absolute Gasteiger partial charge is 0.321 e. The van der Waals surface area contributed by atoms with Gasteiger partial charge in [0.15, 0.2) is 0 Å². The molecule has 0 bridgehead atoms. The van der Waals surface area contributed by atoms with Crippen LogP contribution in [0.1, 0.15) is 31.7 Å². The molecule has 212 valence electrons. The van der Waals surface area contributed by atoms with E-state index in [9.17, 15) is 14.4 Å². The summed E-state index contributed by atoms with van der Waals surface area (Å²) in [6.45, 7) is 3.85. The van der Waals surface area contributed by atoms with Crippen molar-refractivity contribution in [2.75, 3.05) is 42.1 Å². The number of carbonyl (C=O) groups excluding carboxylic acids is 3. The number of hydrogen-bond acceptors (Lipinski definition) is 7. The van der Waals surface area contributed by atoms with E-state index in [1.54, 1.807) is 4.90 Å². The van der Waals surface area contributed by atoms with E-state index >= 15 is 0 Å². The first-order valence-corrected chi connectivity index (χ1v) is 13.8. The Hall–Kier alpha value is -4.61. The van der Waals surface area contributed by atoms with Crippen molar-refractivity contribution in [1.82, 2.24) is 25.5 Å². The molecule has 12 heteroatoms. The lowest BCUT2D eigenvalue weighted by molar-refractivity contribution is -0.128. The molecule has 3 aromatic rings. The summed E-state index contributed by atoms with van der Waals surface area (Å²) in [7, 11) is 6.07. The van der Waals surface area contributed by atoms with Crippen LogP contribution in [0.25, 0.3) is 0 Å². The molecule has 5 N–H and O–H groups in total. The number of aromatic nitrogens is 2. The molecule has 1 saturated heterocycles. The van der Waals surface area contributed by atoms with Crippen molar-refractivity contribution < 1.29 is 14.4 Å². The largest absolute Gasteiger partial charge is 0.370 e. The summed E-state index contributed by atoms with van der Waals surface area (Å²) < 4.78 is 0. The second-order valence-corrected chi connectivity index (χ2v) is 9.84. The minimum absolute atomic E-state index is 0.104. The Morgan fingerprint density at radius 2 is 1.76 bits per heavy atom. The highest BCUT2D eigenvalue weighted by molar-refractivity contribution is 6.35. The summed E-state index contributed by atoms with van der Waals surface area (Å²) in [6.07, 6.45) is 4.59. The zero-order valence-corrected chi connectivity index (χ0v) is 23.2. The van der Waals surface area contributed by atoms with Crippen LogP contribution in [-0.2, 0) is 16.0 Å². The van der Waals surface area contributed by atoms with Gasteiger partial charge in [-0.3, -0.25) is 9.59 Å². The maximum absolute atomic E-state index is 12.7. The van der Waals surface area contributed by atoms with Crippen LogP contribution in [0.2, 0.25) is 0 Å². The van der Waals surface area contributed by atoms with Gasteiger partial charge in [0.2, 0.25) is 17.8 Å². The molecule has 1 aliphatic heterocycles. The van der Waals surface area contributed by atoms with Crippen LogP contribution in [0.5, 0.6) is 0 Å². The molecular formula is C29H35BN8O3. The number of nitrogens with zero attached hydrogens (tertiary/aromatic N) is 3. The average Bonchev–Trinajstić information content (AvgIpc) is 3.50. The fraction of sp³-hybridized carbons (Fsp3) is 0.345. The Balaban J connectivity index is 1.25. The molecule has 4 amide bonds. The molecule has 2 radical (unpaired) electrons. The second-order valence-electron chi connectivity index (χ2n) is 9.84. The first-order chi connectivity index (χ1) is 19.9. The maximum atomic E-state index is 12.7. The standard InChI is InChI=1S/C29H35BN8O3/c1-20(39)34-25(17-21-9-3-2-4-10-21)27(40)32-14-8-13-31-26-24(30)19-33-28(37-26)35-22-11-7-12-23(18-22)36-29(41)38-15-5-6-16-38/h2-4,7,9-12,18-19,25H,5-6,8,13-17H2,1H3,(H,32,40)(H,34,39)(H,36,41)(H2,31,33,35,37). The number of nitrogens with one attached hydrogen (secondary N) is 5. The van der Waals surface area contributed by atoms with Gasteiger partial charge in [-0.15, -0.1) is 0 Å².